The smallest absolute Gasteiger partial charge is 0.0641 e. The highest BCUT2D eigenvalue weighted by molar-refractivity contribution is 6.43. The van der Waals surface area contributed by atoms with Gasteiger partial charge in [-0.05, 0) is 30.7 Å². The maximum absolute atomic E-state index is 6.04. The van der Waals surface area contributed by atoms with Crippen molar-refractivity contribution in [3.63, 3.8) is 0 Å². The van der Waals surface area contributed by atoms with Crippen LogP contribution < -0.4 is 5.32 Å². The maximum atomic E-state index is 6.04. The number of benzene rings is 1. The summed E-state index contributed by atoms with van der Waals surface area (Å²) in [5, 5.41) is 5.03. The molecule has 0 amide bonds. The lowest BCUT2D eigenvalue weighted by Gasteiger charge is -2.29. The molecule has 0 saturated carbocycles. The predicted molar refractivity (Wildman–Crippen MR) is 56.8 cm³/mol. The van der Waals surface area contributed by atoms with Crippen molar-refractivity contribution >= 4 is 34.8 Å². The zero-order valence-electron chi connectivity index (χ0n) is 6.78. The minimum Gasteiger partial charge on any atom is -0.310 e. The first kappa shape index (κ1) is 9.60. The van der Waals surface area contributed by atoms with Crippen LogP contribution in [0.25, 0.3) is 0 Å². The van der Waals surface area contributed by atoms with Crippen LogP contribution in [0.15, 0.2) is 12.1 Å². The van der Waals surface area contributed by atoms with Crippen molar-refractivity contribution in [3.05, 3.63) is 32.8 Å². The molecule has 1 fully saturated rings. The fourth-order valence-electron chi connectivity index (χ4n) is 1.38. The Morgan fingerprint density at radius 1 is 1.23 bits per heavy atom. The summed E-state index contributed by atoms with van der Waals surface area (Å²) >= 11 is 17.8. The standard InChI is InChI=1S/C9H8Cl3N/c10-5-3-6(8-1-2-13-8)9(12)7(11)4-5/h3-4,8,13H,1-2H2/t8-/m1/s1. The lowest BCUT2D eigenvalue weighted by molar-refractivity contribution is 0.383. The summed E-state index contributed by atoms with van der Waals surface area (Å²) in [6.07, 6.45) is 1.09. The van der Waals surface area contributed by atoms with E-state index in [1.807, 2.05) is 6.07 Å². The Labute approximate surface area is 92.0 Å². The van der Waals surface area contributed by atoms with Crippen molar-refractivity contribution in [2.75, 3.05) is 6.54 Å². The average Bonchev–Trinajstić information content (AvgIpc) is 1.95. The van der Waals surface area contributed by atoms with Gasteiger partial charge in [0, 0.05) is 11.1 Å². The summed E-state index contributed by atoms with van der Waals surface area (Å²) in [4.78, 5) is 0. The van der Waals surface area contributed by atoms with Crippen LogP contribution in [-0.4, -0.2) is 6.54 Å². The number of hydrogen-bond donors (Lipinski definition) is 1. The van der Waals surface area contributed by atoms with Gasteiger partial charge in [0.05, 0.1) is 10.0 Å². The number of halogens is 3. The summed E-state index contributed by atoms with van der Waals surface area (Å²) in [6.45, 7) is 1.03. The molecule has 1 atom stereocenters. The number of rotatable bonds is 1. The molecule has 13 heavy (non-hydrogen) atoms. The molecule has 1 aromatic rings. The number of hydrogen-bond acceptors (Lipinski definition) is 1. The first-order valence-corrected chi connectivity index (χ1v) is 5.19. The van der Waals surface area contributed by atoms with Crippen molar-refractivity contribution < 1.29 is 0 Å². The monoisotopic (exact) mass is 235 g/mol. The summed E-state index contributed by atoms with van der Waals surface area (Å²) in [7, 11) is 0. The Bertz CT molecular complexity index is 334. The SMILES string of the molecule is Clc1cc(Cl)c(Cl)c([C@H]2CCN2)c1. The highest BCUT2D eigenvalue weighted by atomic mass is 35.5. The topological polar surface area (TPSA) is 12.0 Å². The van der Waals surface area contributed by atoms with E-state index in [0.717, 1.165) is 18.5 Å². The van der Waals surface area contributed by atoms with Gasteiger partial charge < -0.3 is 5.32 Å². The highest BCUT2D eigenvalue weighted by Crippen LogP contribution is 2.36. The molecule has 1 aromatic carbocycles. The average molecular weight is 237 g/mol. The van der Waals surface area contributed by atoms with E-state index in [-0.39, 0.29) is 0 Å². The van der Waals surface area contributed by atoms with E-state index in [0.29, 0.717) is 21.1 Å². The molecule has 0 radical (unpaired) electrons. The van der Waals surface area contributed by atoms with Gasteiger partial charge in [-0.2, -0.15) is 0 Å². The molecule has 1 aliphatic rings. The maximum Gasteiger partial charge on any atom is 0.0641 e. The van der Waals surface area contributed by atoms with Crippen LogP contribution in [0.4, 0.5) is 0 Å². The molecule has 1 N–H and O–H groups in total. The van der Waals surface area contributed by atoms with Crippen molar-refractivity contribution in [1.29, 1.82) is 0 Å². The van der Waals surface area contributed by atoms with E-state index >= 15 is 0 Å². The molecule has 1 nitrogen and oxygen atoms in total. The van der Waals surface area contributed by atoms with Gasteiger partial charge in [0.15, 0.2) is 0 Å². The second-order valence-electron chi connectivity index (χ2n) is 3.09. The first-order valence-electron chi connectivity index (χ1n) is 4.06. The normalized spacial score (nSPS) is 21.3. The largest absolute Gasteiger partial charge is 0.310 e. The molecule has 1 heterocycles. The van der Waals surface area contributed by atoms with Gasteiger partial charge in [-0.25, -0.2) is 0 Å². The first-order chi connectivity index (χ1) is 6.18. The van der Waals surface area contributed by atoms with E-state index in [1.54, 1.807) is 6.07 Å². The zero-order valence-corrected chi connectivity index (χ0v) is 9.05. The third-order valence-corrected chi connectivity index (χ3v) is 3.26. The molecule has 4 heteroatoms. The Morgan fingerprint density at radius 2 is 1.92 bits per heavy atom. The second kappa shape index (κ2) is 3.66. The van der Waals surface area contributed by atoms with Crippen LogP contribution in [0.3, 0.4) is 0 Å². The highest BCUT2D eigenvalue weighted by Gasteiger charge is 2.22. The third-order valence-electron chi connectivity index (χ3n) is 2.22. The van der Waals surface area contributed by atoms with Crippen LogP contribution in [0.5, 0.6) is 0 Å². The van der Waals surface area contributed by atoms with Gasteiger partial charge in [0.25, 0.3) is 0 Å². The van der Waals surface area contributed by atoms with E-state index in [9.17, 15) is 0 Å². The fourth-order valence-corrected chi connectivity index (χ4v) is 2.13. The molecule has 70 valence electrons. The summed E-state index contributed by atoms with van der Waals surface area (Å²) < 4.78 is 0. The molecule has 2 rings (SSSR count). The van der Waals surface area contributed by atoms with Crippen LogP contribution in [0, 0.1) is 0 Å². The fraction of sp³-hybridized carbons (Fsp3) is 0.333. The molecular weight excluding hydrogens is 228 g/mol. The molecule has 0 aromatic heterocycles. The van der Waals surface area contributed by atoms with Crippen LogP contribution in [0.1, 0.15) is 18.0 Å². The zero-order chi connectivity index (χ0) is 9.42. The lowest BCUT2D eigenvalue weighted by atomic mass is 9.98. The minimum absolute atomic E-state index is 0.323. The number of nitrogens with one attached hydrogen (secondary N) is 1. The molecular formula is C9H8Cl3N. The molecule has 0 aliphatic carbocycles. The molecule has 1 aliphatic heterocycles. The molecule has 0 spiro atoms. The summed E-state index contributed by atoms with van der Waals surface area (Å²) in [5.74, 6) is 0. The van der Waals surface area contributed by atoms with Gasteiger partial charge in [-0.15, -0.1) is 0 Å². The van der Waals surface area contributed by atoms with Crippen molar-refractivity contribution in [1.82, 2.24) is 5.32 Å². The van der Waals surface area contributed by atoms with Crippen LogP contribution in [0.2, 0.25) is 15.1 Å². The minimum atomic E-state index is 0.323. The van der Waals surface area contributed by atoms with Gasteiger partial charge in [0.2, 0.25) is 0 Å². The Hall–Kier alpha value is 0.0500. The Kier molecular flexibility index (Phi) is 2.70. The van der Waals surface area contributed by atoms with E-state index in [2.05, 4.69) is 5.32 Å². The molecule has 1 saturated heterocycles. The van der Waals surface area contributed by atoms with Gasteiger partial charge in [-0.3, -0.25) is 0 Å². The molecule has 0 unspecified atom stereocenters. The van der Waals surface area contributed by atoms with Crippen molar-refractivity contribution in [3.8, 4) is 0 Å². The van der Waals surface area contributed by atoms with Gasteiger partial charge in [0.1, 0.15) is 0 Å². The Balaban J connectivity index is 2.42. The van der Waals surface area contributed by atoms with Crippen LogP contribution >= 0.6 is 34.8 Å². The Morgan fingerprint density at radius 3 is 2.46 bits per heavy atom. The van der Waals surface area contributed by atoms with E-state index < -0.39 is 0 Å². The van der Waals surface area contributed by atoms with Crippen molar-refractivity contribution in [2.24, 2.45) is 0 Å². The third kappa shape index (κ3) is 1.79. The van der Waals surface area contributed by atoms with Crippen LogP contribution in [-0.2, 0) is 0 Å². The van der Waals surface area contributed by atoms with E-state index in [1.165, 1.54) is 0 Å². The van der Waals surface area contributed by atoms with Gasteiger partial charge >= 0.3 is 0 Å². The summed E-state index contributed by atoms with van der Waals surface area (Å²) in [6, 6.07) is 3.85. The van der Waals surface area contributed by atoms with E-state index in [4.69, 9.17) is 34.8 Å². The second-order valence-corrected chi connectivity index (χ2v) is 4.31. The molecule has 0 bridgehead atoms. The van der Waals surface area contributed by atoms with Crippen molar-refractivity contribution in [2.45, 2.75) is 12.5 Å². The quantitative estimate of drug-likeness (QED) is 0.734. The predicted octanol–water partition coefficient (Wildman–Crippen LogP) is 3.68. The lowest BCUT2D eigenvalue weighted by Crippen LogP contribution is -2.35. The summed E-state index contributed by atoms with van der Waals surface area (Å²) in [5.41, 5.74) is 1.01. The van der Waals surface area contributed by atoms with Gasteiger partial charge in [-0.1, -0.05) is 34.8 Å².